The van der Waals surface area contributed by atoms with Gasteiger partial charge in [0.25, 0.3) is 0 Å². The van der Waals surface area contributed by atoms with Gasteiger partial charge in [-0.25, -0.2) is 0 Å². The van der Waals surface area contributed by atoms with E-state index in [-0.39, 0.29) is 30.6 Å². The summed E-state index contributed by atoms with van der Waals surface area (Å²) in [4.78, 5) is 15.0. The van der Waals surface area contributed by atoms with Crippen molar-refractivity contribution in [1.29, 1.82) is 0 Å². The molecule has 1 heterocycles. The molecule has 2 aromatic rings. The second-order valence-electron chi connectivity index (χ2n) is 3.66. The van der Waals surface area contributed by atoms with Crippen molar-refractivity contribution in [1.82, 2.24) is 4.98 Å². The molecule has 17 heavy (non-hydrogen) atoms. The van der Waals surface area contributed by atoms with Crippen LogP contribution in [0.25, 0.3) is 0 Å². The molecule has 0 aliphatic rings. The maximum Gasteiger partial charge on any atom is 0.209 e. The molecule has 1 aromatic carbocycles. The third kappa shape index (κ3) is 3.11. The molecule has 0 amide bonds. The third-order valence-corrected chi connectivity index (χ3v) is 2.69. The molecule has 92 valence electrons. The zero-order valence-electron chi connectivity index (χ0n) is 9.69. The Hall–Kier alpha value is -1.25. The molecular formula is C13H15Cl2NO. The number of H-pyrrole nitrogens is 1. The number of aryl methyl sites for hydroxylation is 1. The van der Waals surface area contributed by atoms with E-state index in [2.05, 4.69) is 4.98 Å². The van der Waals surface area contributed by atoms with Crippen LogP contribution in [-0.2, 0) is 0 Å². The highest BCUT2D eigenvalue weighted by Gasteiger charge is 2.12. The second-order valence-corrected chi connectivity index (χ2v) is 3.66. The summed E-state index contributed by atoms with van der Waals surface area (Å²) in [6.45, 7) is 3.99. The predicted octanol–water partition coefficient (Wildman–Crippen LogP) is 3.71. The normalized spacial score (nSPS) is 9.06. The van der Waals surface area contributed by atoms with Gasteiger partial charge >= 0.3 is 0 Å². The maximum absolute atomic E-state index is 12.0. The average molecular weight is 272 g/mol. The number of aromatic amines is 1. The van der Waals surface area contributed by atoms with Crippen LogP contribution in [0, 0.1) is 13.8 Å². The zero-order chi connectivity index (χ0) is 10.8. The van der Waals surface area contributed by atoms with Gasteiger partial charge in [0.1, 0.15) is 0 Å². The Morgan fingerprint density at radius 2 is 1.76 bits per heavy atom. The van der Waals surface area contributed by atoms with E-state index in [4.69, 9.17) is 0 Å². The minimum absolute atomic E-state index is 0. The van der Waals surface area contributed by atoms with Crippen LogP contribution in [0.5, 0.6) is 0 Å². The molecule has 4 heteroatoms. The van der Waals surface area contributed by atoms with Gasteiger partial charge in [-0.05, 0) is 37.1 Å². The topological polar surface area (TPSA) is 32.9 Å². The lowest BCUT2D eigenvalue weighted by atomic mass is 9.99. The van der Waals surface area contributed by atoms with Crippen LogP contribution in [0.1, 0.15) is 27.2 Å². The van der Waals surface area contributed by atoms with E-state index in [9.17, 15) is 4.79 Å². The van der Waals surface area contributed by atoms with Gasteiger partial charge in [-0.15, -0.1) is 24.8 Å². The summed E-state index contributed by atoms with van der Waals surface area (Å²) in [5.41, 5.74) is 3.62. The monoisotopic (exact) mass is 271 g/mol. The first kappa shape index (κ1) is 15.8. The van der Waals surface area contributed by atoms with Gasteiger partial charge in [0.2, 0.25) is 5.78 Å². The van der Waals surface area contributed by atoms with Crippen molar-refractivity contribution in [3.8, 4) is 0 Å². The number of benzene rings is 1. The van der Waals surface area contributed by atoms with E-state index < -0.39 is 0 Å². The Kier molecular flexibility index (Phi) is 6.00. The lowest BCUT2D eigenvalue weighted by Gasteiger charge is -2.06. The van der Waals surface area contributed by atoms with Gasteiger partial charge < -0.3 is 4.98 Å². The molecule has 0 aliphatic heterocycles. The quantitative estimate of drug-likeness (QED) is 0.830. The van der Waals surface area contributed by atoms with Crippen molar-refractivity contribution in [2.24, 2.45) is 0 Å². The van der Waals surface area contributed by atoms with E-state index in [1.54, 1.807) is 12.3 Å². The maximum atomic E-state index is 12.0. The molecule has 2 rings (SSSR count). The second kappa shape index (κ2) is 6.48. The van der Waals surface area contributed by atoms with Crippen LogP contribution in [0.15, 0.2) is 36.5 Å². The van der Waals surface area contributed by atoms with Crippen LogP contribution in [-0.4, -0.2) is 10.8 Å². The van der Waals surface area contributed by atoms with Crippen molar-refractivity contribution in [2.45, 2.75) is 13.8 Å². The van der Waals surface area contributed by atoms with E-state index in [1.807, 2.05) is 38.1 Å². The minimum atomic E-state index is 0. The Morgan fingerprint density at radius 3 is 2.35 bits per heavy atom. The Balaban J connectivity index is 0.00000128. The summed E-state index contributed by atoms with van der Waals surface area (Å²) in [6, 6.07) is 9.42. The number of hydrogen-bond donors (Lipinski definition) is 1. The number of carbonyl (C=O) groups is 1. The molecular weight excluding hydrogens is 257 g/mol. The van der Waals surface area contributed by atoms with Crippen molar-refractivity contribution in [2.75, 3.05) is 0 Å². The first-order valence-corrected chi connectivity index (χ1v) is 4.94. The fourth-order valence-corrected chi connectivity index (χ4v) is 1.61. The zero-order valence-corrected chi connectivity index (χ0v) is 11.3. The summed E-state index contributed by atoms with van der Waals surface area (Å²) in [7, 11) is 0. The first-order valence-electron chi connectivity index (χ1n) is 4.94. The van der Waals surface area contributed by atoms with Crippen LogP contribution in [0.2, 0.25) is 0 Å². The average Bonchev–Trinajstić information content (AvgIpc) is 2.74. The Bertz CT molecular complexity index is 492. The summed E-state index contributed by atoms with van der Waals surface area (Å²) in [5, 5.41) is 0. The van der Waals surface area contributed by atoms with Gasteiger partial charge in [0.15, 0.2) is 0 Å². The minimum Gasteiger partial charge on any atom is -0.359 e. The number of aromatic nitrogens is 1. The van der Waals surface area contributed by atoms with Crippen molar-refractivity contribution in [3.05, 3.63) is 58.9 Å². The first-order chi connectivity index (χ1) is 7.20. The lowest BCUT2D eigenvalue weighted by molar-refractivity contribution is 0.103. The predicted molar refractivity (Wildman–Crippen MR) is 74.6 cm³/mol. The molecule has 0 spiro atoms. The summed E-state index contributed by atoms with van der Waals surface area (Å²) < 4.78 is 0. The van der Waals surface area contributed by atoms with E-state index >= 15 is 0 Å². The highest BCUT2D eigenvalue weighted by Crippen LogP contribution is 2.16. The molecule has 1 aromatic heterocycles. The van der Waals surface area contributed by atoms with Gasteiger partial charge in [0, 0.05) is 11.8 Å². The van der Waals surface area contributed by atoms with E-state index in [0.29, 0.717) is 5.69 Å². The van der Waals surface area contributed by atoms with E-state index in [0.717, 1.165) is 16.7 Å². The number of nitrogens with one attached hydrogen (secondary N) is 1. The van der Waals surface area contributed by atoms with Gasteiger partial charge in [-0.2, -0.15) is 0 Å². The summed E-state index contributed by atoms with van der Waals surface area (Å²) in [5.74, 6) is 0.0567. The number of ketones is 1. The van der Waals surface area contributed by atoms with Crippen molar-refractivity contribution < 1.29 is 4.79 Å². The molecule has 0 saturated heterocycles. The summed E-state index contributed by atoms with van der Waals surface area (Å²) >= 11 is 0. The Morgan fingerprint density at radius 1 is 1.06 bits per heavy atom. The molecule has 2 nitrogen and oxygen atoms in total. The number of halogens is 2. The Labute approximate surface area is 113 Å². The van der Waals surface area contributed by atoms with Gasteiger partial charge in [0.05, 0.1) is 5.69 Å². The fourth-order valence-electron chi connectivity index (χ4n) is 1.61. The number of hydrogen-bond acceptors (Lipinski definition) is 1. The fraction of sp³-hybridized carbons (Fsp3) is 0.154. The highest BCUT2D eigenvalue weighted by atomic mass is 35.5. The molecule has 0 bridgehead atoms. The standard InChI is InChI=1S/C13H13NO.2ClH/c1-9-5-3-6-11(10(9)2)13(15)12-7-4-8-14-12;;/h3-8,14H,1-2H3;2*1H. The molecule has 0 aliphatic carbocycles. The van der Waals surface area contributed by atoms with Gasteiger partial charge in [-0.1, -0.05) is 18.2 Å². The van der Waals surface area contributed by atoms with Crippen LogP contribution >= 0.6 is 24.8 Å². The smallest absolute Gasteiger partial charge is 0.209 e. The summed E-state index contributed by atoms with van der Waals surface area (Å²) in [6.07, 6.45) is 1.76. The molecule has 1 N–H and O–H groups in total. The third-order valence-electron chi connectivity index (χ3n) is 2.69. The van der Waals surface area contributed by atoms with Crippen LogP contribution in [0.3, 0.4) is 0 Å². The van der Waals surface area contributed by atoms with Crippen molar-refractivity contribution in [3.63, 3.8) is 0 Å². The number of carbonyl (C=O) groups excluding carboxylic acids is 1. The molecule has 0 fully saturated rings. The molecule has 0 saturated carbocycles. The molecule has 0 unspecified atom stereocenters. The molecule has 0 radical (unpaired) electrons. The number of rotatable bonds is 2. The SMILES string of the molecule is Cc1cccc(C(=O)c2ccc[nH]2)c1C.Cl.Cl. The highest BCUT2D eigenvalue weighted by molar-refractivity contribution is 6.08. The van der Waals surface area contributed by atoms with Crippen LogP contribution < -0.4 is 0 Å². The molecule has 0 atom stereocenters. The van der Waals surface area contributed by atoms with Crippen molar-refractivity contribution >= 4 is 30.6 Å². The van der Waals surface area contributed by atoms with Gasteiger partial charge in [-0.3, -0.25) is 4.79 Å². The van der Waals surface area contributed by atoms with E-state index in [1.165, 1.54) is 0 Å². The lowest BCUT2D eigenvalue weighted by Crippen LogP contribution is -2.04. The van der Waals surface area contributed by atoms with Crippen LogP contribution in [0.4, 0.5) is 0 Å². The largest absolute Gasteiger partial charge is 0.359 e.